The molecule has 0 spiro atoms. The van der Waals surface area contributed by atoms with Crippen molar-refractivity contribution in [2.24, 2.45) is 5.92 Å². The molecule has 1 aromatic rings. The number of amides is 3. The first kappa shape index (κ1) is 18.5. The summed E-state index contributed by atoms with van der Waals surface area (Å²) in [6.07, 6.45) is 9.14. The topological polar surface area (TPSA) is 61.4 Å². The minimum atomic E-state index is -0.208. The fourth-order valence-corrected chi connectivity index (χ4v) is 3.69. The van der Waals surface area contributed by atoms with Crippen molar-refractivity contribution in [1.82, 2.24) is 10.2 Å². The van der Waals surface area contributed by atoms with Crippen LogP contribution in [0, 0.1) is 5.92 Å². The quantitative estimate of drug-likeness (QED) is 0.796. The van der Waals surface area contributed by atoms with Crippen molar-refractivity contribution >= 4 is 17.6 Å². The molecule has 0 saturated carbocycles. The molecule has 0 bridgehead atoms. The predicted octanol–water partition coefficient (Wildman–Crippen LogP) is 4.18. The Morgan fingerprint density at radius 2 is 1.96 bits per heavy atom. The average Bonchev–Trinajstić information content (AvgIpc) is 2.67. The summed E-state index contributed by atoms with van der Waals surface area (Å²) in [4.78, 5) is 26.5. The largest absolute Gasteiger partial charge is 0.338 e. The van der Waals surface area contributed by atoms with Crippen molar-refractivity contribution in [3.63, 3.8) is 0 Å². The third-order valence-electron chi connectivity index (χ3n) is 5.19. The van der Waals surface area contributed by atoms with Crippen LogP contribution in [0.2, 0.25) is 0 Å². The van der Waals surface area contributed by atoms with Crippen LogP contribution in [-0.4, -0.2) is 36.5 Å². The Morgan fingerprint density at radius 3 is 2.65 bits per heavy atom. The summed E-state index contributed by atoms with van der Waals surface area (Å²) in [5.74, 6) is 0.647. The van der Waals surface area contributed by atoms with Gasteiger partial charge in [-0.15, -0.1) is 0 Å². The maximum atomic E-state index is 12.6. The summed E-state index contributed by atoms with van der Waals surface area (Å²) in [7, 11) is 0. The number of allylic oxidation sites excluding steroid dienone is 1. The summed E-state index contributed by atoms with van der Waals surface area (Å²) in [6, 6.07) is 6.96. The highest BCUT2D eigenvalue weighted by Gasteiger charge is 2.21. The average molecular weight is 355 g/mol. The Balaban J connectivity index is 1.49. The van der Waals surface area contributed by atoms with Gasteiger partial charge in [-0.1, -0.05) is 18.6 Å². The summed E-state index contributed by atoms with van der Waals surface area (Å²) in [6.45, 7) is 4.46. The number of urea groups is 1. The lowest BCUT2D eigenvalue weighted by Crippen LogP contribution is -2.39. The van der Waals surface area contributed by atoms with Gasteiger partial charge < -0.3 is 15.5 Å². The second kappa shape index (κ2) is 8.88. The summed E-state index contributed by atoms with van der Waals surface area (Å²) >= 11 is 0. The summed E-state index contributed by atoms with van der Waals surface area (Å²) in [5, 5.41) is 5.73. The molecule has 26 heavy (non-hydrogen) atoms. The molecule has 1 unspecified atom stereocenters. The van der Waals surface area contributed by atoms with Gasteiger partial charge in [-0.3, -0.25) is 4.79 Å². The number of nitrogens with one attached hydrogen (secondary N) is 2. The van der Waals surface area contributed by atoms with Crippen LogP contribution in [0.3, 0.4) is 0 Å². The molecule has 1 aromatic carbocycles. The second-order valence-electron chi connectivity index (χ2n) is 7.49. The molecule has 1 heterocycles. The smallest absolute Gasteiger partial charge is 0.319 e. The first-order valence-electron chi connectivity index (χ1n) is 9.74. The van der Waals surface area contributed by atoms with Crippen LogP contribution in [0.1, 0.15) is 55.8 Å². The molecule has 1 aliphatic carbocycles. The number of carbonyl (C=O) groups excluding carboxylic acids is 2. The first-order chi connectivity index (χ1) is 12.6. The number of likely N-dealkylation sites (tertiary alicyclic amines) is 1. The van der Waals surface area contributed by atoms with Crippen molar-refractivity contribution in [2.45, 2.75) is 45.4 Å². The van der Waals surface area contributed by atoms with Gasteiger partial charge in [0.05, 0.1) is 0 Å². The number of nitrogens with zero attached hydrogens (tertiary/aromatic N) is 1. The molecule has 2 aliphatic rings. The van der Waals surface area contributed by atoms with Gasteiger partial charge in [-0.2, -0.15) is 0 Å². The molecule has 3 amide bonds. The van der Waals surface area contributed by atoms with E-state index < -0.39 is 0 Å². The van der Waals surface area contributed by atoms with Crippen LogP contribution in [0.15, 0.2) is 35.9 Å². The van der Waals surface area contributed by atoms with E-state index in [1.54, 1.807) is 24.3 Å². The first-order valence-corrected chi connectivity index (χ1v) is 9.74. The zero-order valence-electron chi connectivity index (χ0n) is 15.6. The Morgan fingerprint density at radius 1 is 1.15 bits per heavy atom. The Bertz CT molecular complexity index is 666. The molecule has 1 aliphatic heterocycles. The van der Waals surface area contributed by atoms with E-state index in [1.165, 1.54) is 24.8 Å². The van der Waals surface area contributed by atoms with Crippen LogP contribution in [-0.2, 0) is 0 Å². The van der Waals surface area contributed by atoms with Gasteiger partial charge in [0.25, 0.3) is 5.91 Å². The third kappa shape index (κ3) is 5.10. The lowest BCUT2D eigenvalue weighted by atomic mass is 9.99. The fraction of sp³-hybridized carbons (Fsp3) is 0.524. The van der Waals surface area contributed by atoms with Crippen LogP contribution in [0.4, 0.5) is 10.5 Å². The number of carbonyl (C=O) groups is 2. The molecule has 140 valence electrons. The van der Waals surface area contributed by atoms with Gasteiger partial charge in [0.15, 0.2) is 0 Å². The summed E-state index contributed by atoms with van der Waals surface area (Å²) < 4.78 is 0. The molecule has 0 radical (unpaired) electrons. The van der Waals surface area contributed by atoms with E-state index in [0.29, 0.717) is 23.7 Å². The molecule has 0 aromatic heterocycles. The van der Waals surface area contributed by atoms with Gasteiger partial charge in [0.1, 0.15) is 0 Å². The normalized spacial score (nSPS) is 20.3. The van der Waals surface area contributed by atoms with E-state index in [2.05, 4.69) is 23.6 Å². The number of hydrogen-bond acceptors (Lipinski definition) is 2. The van der Waals surface area contributed by atoms with E-state index in [0.717, 1.165) is 32.4 Å². The zero-order valence-corrected chi connectivity index (χ0v) is 15.6. The lowest BCUT2D eigenvalue weighted by Gasteiger charge is -2.31. The second-order valence-corrected chi connectivity index (χ2v) is 7.49. The summed E-state index contributed by atoms with van der Waals surface area (Å²) in [5.41, 5.74) is 2.68. The van der Waals surface area contributed by atoms with Crippen molar-refractivity contribution in [2.75, 3.05) is 25.0 Å². The number of hydrogen-bond donors (Lipinski definition) is 2. The van der Waals surface area contributed by atoms with Crippen LogP contribution >= 0.6 is 0 Å². The Labute approximate surface area is 155 Å². The highest BCUT2D eigenvalue weighted by molar-refractivity contribution is 5.95. The van der Waals surface area contributed by atoms with Gasteiger partial charge in [0.2, 0.25) is 0 Å². The predicted molar refractivity (Wildman–Crippen MR) is 104 cm³/mol. The Kier molecular flexibility index (Phi) is 6.31. The van der Waals surface area contributed by atoms with E-state index >= 15 is 0 Å². The number of anilines is 1. The maximum Gasteiger partial charge on any atom is 0.319 e. The maximum absolute atomic E-state index is 12.6. The molecular weight excluding hydrogens is 326 g/mol. The molecule has 1 atom stereocenters. The SMILES string of the molecule is CC1CCCN(C(=O)c2ccc(NC(=O)NCC3=CCCCC3)cc2)C1. The van der Waals surface area contributed by atoms with Crippen LogP contribution in [0.5, 0.6) is 0 Å². The standard InChI is InChI=1S/C21H29N3O2/c1-16-6-5-13-24(15-16)20(25)18-9-11-19(12-10-18)23-21(26)22-14-17-7-3-2-4-8-17/h7,9-12,16H,2-6,8,13-15H2,1H3,(H2,22,23,26). The monoisotopic (exact) mass is 355 g/mol. The molecule has 1 fully saturated rings. The fourth-order valence-electron chi connectivity index (χ4n) is 3.69. The third-order valence-corrected chi connectivity index (χ3v) is 5.19. The van der Waals surface area contributed by atoms with Crippen molar-refractivity contribution in [1.29, 1.82) is 0 Å². The van der Waals surface area contributed by atoms with Crippen LogP contribution < -0.4 is 10.6 Å². The molecule has 5 nitrogen and oxygen atoms in total. The minimum Gasteiger partial charge on any atom is -0.338 e. The number of benzene rings is 1. The van der Waals surface area contributed by atoms with E-state index in [-0.39, 0.29) is 11.9 Å². The van der Waals surface area contributed by atoms with Gasteiger partial charge in [0, 0.05) is 30.9 Å². The van der Waals surface area contributed by atoms with Gasteiger partial charge in [-0.25, -0.2) is 4.79 Å². The number of piperidine rings is 1. The van der Waals surface area contributed by atoms with Crippen molar-refractivity contribution in [3.8, 4) is 0 Å². The van der Waals surface area contributed by atoms with Gasteiger partial charge >= 0.3 is 6.03 Å². The van der Waals surface area contributed by atoms with Crippen molar-refractivity contribution < 1.29 is 9.59 Å². The highest BCUT2D eigenvalue weighted by atomic mass is 16.2. The lowest BCUT2D eigenvalue weighted by molar-refractivity contribution is 0.0683. The van der Waals surface area contributed by atoms with E-state index in [1.807, 2.05) is 4.90 Å². The molecule has 2 N–H and O–H groups in total. The zero-order chi connectivity index (χ0) is 18.4. The molecular formula is C21H29N3O2. The van der Waals surface area contributed by atoms with E-state index in [9.17, 15) is 9.59 Å². The molecule has 3 rings (SSSR count). The minimum absolute atomic E-state index is 0.0804. The Hall–Kier alpha value is -2.30. The molecule has 5 heteroatoms. The van der Waals surface area contributed by atoms with Crippen molar-refractivity contribution in [3.05, 3.63) is 41.5 Å². The van der Waals surface area contributed by atoms with E-state index in [4.69, 9.17) is 0 Å². The molecule has 1 saturated heterocycles. The highest BCUT2D eigenvalue weighted by Crippen LogP contribution is 2.19. The number of rotatable bonds is 4. The van der Waals surface area contributed by atoms with Gasteiger partial charge in [-0.05, 0) is 68.7 Å². The van der Waals surface area contributed by atoms with Crippen LogP contribution in [0.25, 0.3) is 0 Å².